The molecule has 0 aliphatic heterocycles. The van der Waals surface area contributed by atoms with Gasteiger partial charge in [-0.1, -0.05) is 72.5 Å². The summed E-state index contributed by atoms with van der Waals surface area (Å²) < 4.78 is 19.8. The van der Waals surface area contributed by atoms with Crippen molar-refractivity contribution >= 4 is 25.4 Å². The first kappa shape index (κ1) is 27.2. The molecule has 2 N–H and O–H groups in total. The van der Waals surface area contributed by atoms with Crippen molar-refractivity contribution in [2.75, 3.05) is 6.61 Å². The Morgan fingerprint density at radius 1 is 1.23 bits per heavy atom. The molecule has 0 atom stereocenters. The van der Waals surface area contributed by atoms with Gasteiger partial charge in [0.15, 0.2) is 0 Å². The van der Waals surface area contributed by atoms with E-state index in [9.17, 15) is 9.36 Å². The smallest absolute Gasteiger partial charge is 0.456 e. The number of hydrogen-bond acceptors (Lipinski definition) is 4. The summed E-state index contributed by atoms with van der Waals surface area (Å²) in [7, 11) is -4.89. The number of esters is 1. The first-order valence-electron chi connectivity index (χ1n) is 9.98. The van der Waals surface area contributed by atoms with E-state index in [0.717, 1.165) is 17.6 Å². The van der Waals surface area contributed by atoms with Crippen LogP contribution in [0.25, 0.3) is 0 Å². The van der Waals surface area contributed by atoms with Crippen LogP contribution in [-0.4, -0.2) is 22.4 Å². The van der Waals surface area contributed by atoms with Crippen molar-refractivity contribution in [2.24, 2.45) is 5.41 Å². The minimum Gasteiger partial charge on any atom is -0.456 e. The SMILES string of the molecule is CC1=C(/C=C/C(C)=C/C=C/C(C)=C/COC(=O)/C(=C\Cl)OP(=O)(O)O)C(C)(C)CCC1. The molecule has 0 radical (unpaired) electrons. The highest BCUT2D eigenvalue weighted by Crippen LogP contribution is 2.41. The maximum absolute atomic E-state index is 11.7. The molecular formula is C23H32ClO6P. The summed E-state index contributed by atoms with van der Waals surface area (Å²) >= 11 is 5.33. The van der Waals surface area contributed by atoms with Gasteiger partial charge in [0.25, 0.3) is 0 Å². The van der Waals surface area contributed by atoms with Crippen molar-refractivity contribution < 1.29 is 28.4 Å². The van der Waals surface area contributed by atoms with E-state index < -0.39 is 19.6 Å². The Morgan fingerprint density at radius 2 is 1.90 bits per heavy atom. The summed E-state index contributed by atoms with van der Waals surface area (Å²) in [5, 5.41) is 0. The monoisotopic (exact) mass is 470 g/mol. The molecule has 6 nitrogen and oxygen atoms in total. The third-order valence-corrected chi connectivity index (χ3v) is 5.54. The zero-order valence-corrected chi connectivity index (χ0v) is 20.4. The van der Waals surface area contributed by atoms with E-state index in [4.69, 9.17) is 26.1 Å². The zero-order chi connectivity index (χ0) is 23.7. The van der Waals surface area contributed by atoms with Gasteiger partial charge in [0.2, 0.25) is 5.76 Å². The van der Waals surface area contributed by atoms with Gasteiger partial charge in [0.05, 0.1) is 5.54 Å². The molecule has 1 aliphatic carbocycles. The van der Waals surface area contributed by atoms with Gasteiger partial charge < -0.3 is 9.26 Å². The van der Waals surface area contributed by atoms with Gasteiger partial charge in [-0.3, -0.25) is 9.79 Å². The highest BCUT2D eigenvalue weighted by molar-refractivity contribution is 7.46. The number of ether oxygens (including phenoxy) is 1. The van der Waals surface area contributed by atoms with Gasteiger partial charge in [-0.05, 0) is 57.1 Å². The van der Waals surface area contributed by atoms with Gasteiger partial charge in [-0.15, -0.1) is 0 Å². The van der Waals surface area contributed by atoms with Crippen molar-refractivity contribution in [1.82, 2.24) is 0 Å². The molecule has 31 heavy (non-hydrogen) atoms. The van der Waals surface area contributed by atoms with Crippen LogP contribution >= 0.6 is 19.4 Å². The maximum Gasteiger partial charge on any atom is 0.525 e. The van der Waals surface area contributed by atoms with Gasteiger partial charge >= 0.3 is 13.8 Å². The van der Waals surface area contributed by atoms with Crippen molar-refractivity contribution in [2.45, 2.75) is 53.9 Å². The Hall–Kier alpha value is -1.85. The average molecular weight is 471 g/mol. The number of rotatable bonds is 9. The molecule has 0 aromatic heterocycles. The number of carbonyl (C=O) groups excluding carboxylic acids is 1. The van der Waals surface area contributed by atoms with Crippen molar-refractivity contribution in [3.8, 4) is 0 Å². The minimum atomic E-state index is -4.89. The third-order valence-electron chi connectivity index (χ3n) is 4.91. The Kier molecular flexibility index (Phi) is 10.7. The molecule has 8 heteroatoms. The number of halogens is 1. The number of phosphoric acid groups is 1. The molecule has 0 aromatic rings. The van der Waals surface area contributed by atoms with E-state index in [0.29, 0.717) is 5.54 Å². The summed E-state index contributed by atoms with van der Waals surface area (Å²) in [6.07, 6.45) is 15.4. The number of allylic oxidation sites excluding steroid dienone is 9. The third kappa shape index (κ3) is 10.3. The lowest BCUT2D eigenvalue weighted by Gasteiger charge is -2.32. The molecule has 0 fully saturated rings. The quantitative estimate of drug-likeness (QED) is 0.136. The van der Waals surface area contributed by atoms with Crippen LogP contribution in [0.5, 0.6) is 0 Å². The molecular weight excluding hydrogens is 439 g/mol. The Morgan fingerprint density at radius 3 is 2.48 bits per heavy atom. The zero-order valence-electron chi connectivity index (χ0n) is 18.7. The molecule has 0 bridgehead atoms. The second-order valence-electron chi connectivity index (χ2n) is 8.14. The Labute approximate surface area is 189 Å². The molecule has 0 amide bonds. The molecule has 0 spiro atoms. The summed E-state index contributed by atoms with van der Waals surface area (Å²) in [6, 6.07) is 0. The van der Waals surface area contributed by atoms with Crippen LogP contribution in [0.1, 0.15) is 53.9 Å². The lowest BCUT2D eigenvalue weighted by atomic mass is 9.72. The molecule has 1 aliphatic rings. The summed E-state index contributed by atoms with van der Waals surface area (Å²) in [4.78, 5) is 29.1. The predicted octanol–water partition coefficient (Wildman–Crippen LogP) is 6.25. The fourth-order valence-corrected chi connectivity index (χ4v) is 3.83. The fourth-order valence-electron chi connectivity index (χ4n) is 3.25. The number of phosphoric ester groups is 1. The highest BCUT2D eigenvalue weighted by Gasteiger charge is 2.26. The molecule has 0 saturated heterocycles. The summed E-state index contributed by atoms with van der Waals surface area (Å²) in [6.45, 7) is 10.6. The molecule has 0 saturated carbocycles. The predicted molar refractivity (Wildman–Crippen MR) is 124 cm³/mol. The van der Waals surface area contributed by atoms with Crippen LogP contribution in [0.15, 0.2) is 70.0 Å². The van der Waals surface area contributed by atoms with Gasteiger partial charge in [-0.25, -0.2) is 9.36 Å². The van der Waals surface area contributed by atoms with Gasteiger partial charge in [-0.2, -0.15) is 0 Å². The minimum absolute atomic E-state index is 0.0983. The van der Waals surface area contributed by atoms with E-state index in [1.165, 1.54) is 24.0 Å². The highest BCUT2D eigenvalue weighted by atomic mass is 35.5. The molecule has 1 rings (SSSR count). The number of carbonyl (C=O) groups is 1. The lowest BCUT2D eigenvalue weighted by molar-refractivity contribution is -0.140. The van der Waals surface area contributed by atoms with E-state index in [-0.39, 0.29) is 12.0 Å². The topological polar surface area (TPSA) is 93.1 Å². The largest absolute Gasteiger partial charge is 0.525 e. The number of hydrogen-bond donors (Lipinski definition) is 2. The molecule has 0 unspecified atom stereocenters. The van der Waals surface area contributed by atoms with E-state index in [2.05, 4.69) is 37.4 Å². The molecule has 172 valence electrons. The van der Waals surface area contributed by atoms with E-state index in [1.54, 1.807) is 6.08 Å². The normalized spacial score (nSPS) is 18.8. The Bertz CT molecular complexity index is 884. The first-order valence-corrected chi connectivity index (χ1v) is 11.9. The van der Waals surface area contributed by atoms with Crippen molar-refractivity contribution in [1.29, 1.82) is 0 Å². The Balaban J connectivity index is 2.63. The first-order chi connectivity index (χ1) is 14.4. The van der Waals surface area contributed by atoms with Crippen LogP contribution in [0.3, 0.4) is 0 Å². The molecule has 0 aromatic carbocycles. The van der Waals surface area contributed by atoms with Crippen molar-refractivity contribution in [3.05, 3.63) is 70.0 Å². The second-order valence-corrected chi connectivity index (χ2v) is 9.52. The van der Waals surface area contributed by atoms with Crippen LogP contribution in [-0.2, 0) is 18.6 Å². The lowest BCUT2D eigenvalue weighted by Crippen LogP contribution is -2.19. The summed E-state index contributed by atoms with van der Waals surface area (Å²) in [5.74, 6) is -1.82. The average Bonchev–Trinajstić information content (AvgIpc) is 2.64. The molecule has 0 heterocycles. The van der Waals surface area contributed by atoms with E-state index >= 15 is 0 Å². The maximum atomic E-state index is 11.7. The van der Waals surface area contributed by atoms with Crippen LogP contribution in [0.2, 0.25) is 0 Å². The van der Waals surface area contributed by atoms with Gasteiger partial charge in [0.1, 0.15) is 6.61 Å². The fraction of sp³-hybridized carbons (Fsp3) is 0.435. The summed E-state index contributed by atoms with van der Waals surface area (Å²) in [5.41, 5.74) is 5.67. The van der Waals surface area contributed by atoms with Crippen molar-refractivity contribution in [3.63, 3.8) is 0 Å². The van der Waals surface area contributed by atoms with Gasteiger partial charge in [0, 0.05) is 0 Å². The standard InChI is InChI=1S/C23H32ClO6P/c1-17(11-12-20-19(3)10-7-14-23(20,4)5)8-6-9-18(2)13-15-29-22(25)21(16-24)30-31(26,27)28/h6,8-9,11-13,16H,7,10,14-15H2,1-5H3,(H2,26,27,28)/b9-6+,12-11+,17-8+,18-13+,21-16+. The van der Waals surface area contributed by atoms with Crippen LogP contribution in [0.4, 0.5) is 0 Å². The van der Waals surface area contributed by atoms with Crippen LogP contribution in [0, 0.1) is 5.41 Å². The van der Waals surface area contributed by atoms with E-state index in [1.807, 2.05) is 32.1 Å². The second kappa shape index (κ2) is 12.3. The van der Waals surface area contributed by atoms with Crippen LogP contribution < -0.4 is 0 Å².